The molecule has 98 valence electrons. The topological polar surface area (TPSA) is 70.1 Å². The monoisotopic (exact) mass is 249 g/mol. The van der Waals surface area contributed by atoms with Gasteiger partial charge in [-0.25, -0.2) is 0 Å². The van der Waals surface area contributed by atoms with Crippen molar-refractivity contribution >= 4 is 5.91 Å². The highest BCUT2D eigenvalue weighted by molar-refractivity contribution is 5.77. The quantitative estimate of drug-likeness (QED) is 0.843. The molecule has 1 fully saturated rings. The van der Waals surface area contributed by atoms with Gasteiger partial charge in [-0.1, -0.05) is 0 Å². The molecule has 2 N–H and O–H groups in total. The summed E-state index contributed by atoms with van der Waals surface area (Å²) in [5, 5.41) is 4.52. The largest absolute Gasteiger partial charge is 0.381 e. The van der Waals surface area contributed by atoms with Gasteiger partial charge in [-0.3, -0.25) is 9.48 Å². The minimum absolute atomic E-state index is 0.0206. The van der Waals surface area contributed by atoms with Crippen molar-refractivity contribution in [3.63, 3.8) is 0 Å². The number of hydrogen-bond acceptors (Lipinski definition) is 3. The molecule has 2 heterocycles. The van der Waals surface area contributed by atoms with E-state index in [1.165, 1.54) is 11.3 Å². The molecule has 1 aliphatic heterocycles. The van der Waals surface area contributed by atoms with Crippen molar-refractivity contribution in [2.24, 2.45) is 11.7 Å². The van der Waals surface area contributed by atoms with Gasteiger partial charge in [0.05, 0.1) is 12.2 Å². The molecule has 3 rings (SSSR count). The van der Waals surface area contributed by atoms with Gasteiger partial charge in [0, 0.05) is 31.2 Å². The second kappa shape index (κ2) is 4.72. The number of ether oxygens (including phenoxy) is 1. The van der Waals surface area contributed by atoms with Gasteiger partial charge in [-0.2, -0.15) is 5.10 Å². The fourth-order valence-corrected chi connectivity index (χ4v) is 3.01. The zero-order valence-electron chi connectivity index (χ0n) is 10.5. The zero-order chi connectivity index (χ0) is 12.5. The molecule has 1 atom stereocenters. The number of fused-ring (bicyclic) bond motifs is 1. The number of rotatable bonds is 2. The first-order valence-electron chi connectivity index (χ1n) is 6.68. The number of hydrogen-bond donors (Lipinski definition) is 1. The van der Waals surface area contributed by atoms with E-state index in [1.807, 2.05) is 6.20 Å². The van der Waals surface area contributed by atoms with Gasteiger partial charge >= 0.3 is 0 Å². The van der Waals surface area contributed by atoms with E-state index < -0.39 is 0 Å². The second-order valence-electron chi connectivity index (χ2n) is 5.25. The van der Waals surface area contributed by atoms with E-state index in [0.29, 0.717) is 6.04 Å². The third-order valence-corrected chi connectivity index (χ3v) is 4.13. The molecule has 1 aromatic rings. The summed E-state index contributed by atoms with van der Waals surface area (Å²) in [5.74, 6) is -0.201. The maximum atomic E-state index is 11.3. The molecule has 0 aromatic carbocycles. The summed E-state index contributed by atoms with van der Waals surface area (Å²) in [6.45, 7) is 1.61. The first kappa shape index (κ1) is 11.7. The van der Waals surface area contributed by atoms with Crippen molar-refractivity contribution in [1.82, 2.24) is 9.78 Å². The van der Waals surface area contributed by atoms with Crippen molar-refractivity contribution < 1.29 is 9.53 Å². The summed E-state index contributed by atoms with van der Waals surface area (Å²) in [7, 11) is 0. The first-order valence-corrected chi connectivity index (χ1v) is 6.68. The molecule has 1 unspecified atom stereocenters. The van der Waals surface area contributed by atoms with Crippen LogP contribution in [0.25, 0.3) is 0 Å². The SMILES string of the molecule is NC(=O)C1CCc2cnn(C3CCOCC3)c2C1. The van der Waals surface area contributed by atoms with Crippen LogP contribution in [0.1, 0.15) is 36.6 Å². The molecule has 0 bridgehead atoms. The third kappa shape index (κ3) is 2.03. The fourth-order valence-electron chi connectivity index (χ4n) is 3.01. The summed E-state index contributed by atoms with van der Waals surface area (Å²) in [6, 6.07) is 0.425. The second-order valence-corrected chi connectivity index (χ2v) is 5.25. The molecule has 0 spiro atoms. The number of amides is 1. The molecule has 1 aliphatic carbocycles. The molecular formula is C13H19N3O2. The third-order valence-electron chi connectivity index (χ3n) is 4.13. The normalized spacial score (nSPS) is 24.8. The highest BCUT2D eigenvalue weighted by Gasteiger charge is 2.28. The fraction of sp³-hybridized carbons (Fsp3) is 0.692. The Morgan fingerprint density at radius 1 is 1.39 bits per heavy atom. The Balaban J connectivity index is 1.84. The Hall–Kier alpha value is -1.36. The van der Waals surface area contributed by atoms with E-state index in [1.54, 1.807) is 0 Å². The minimum Gasteiger partial charge on any atom is -0.381 e. The lowest BCUT2D eigenvalue weighted by Crippen LogP contribution is -2.31. The van der Waals surface area contributed by atoms with Gasteiger partial charge in [-0.05, 0) is 31.2 Å². The molecule has 1 saturated heterocycles. The highest BCUT2D eigenvalue weighted by atomic mass is 16.5. The van der Waals surface area contributed by atoms with Crippen molar-refractivity contribution in [1.29, 1.82) is 0 Å². The van der Waals surface area contributed by atoms with E-state index >= 15 is 0 Å². The molecule has 2 aliphatic rings. The standard InChI is InChI=1S/C13H19N3O2/c14-13(17)9-1-2-10-8-15-16(12(10)7-9)11-3-5-18-6-4-11/h8-9,11H,1-7H2,(H2,14,17). The predicted octanol–water partition coefficient (Wildman–Crippen LogP) is 0.825. The Labute approximate surface area is 106 Å². The summed E-state index contributed by atoms with van der Waals surface area (Å²) >= 11 is 0. The van der Waals surface area contributed by atoms with Crippen LogP contribution in [-0.2, 0) is 22.4 Å². The summed E-state index contributed by atoms with van der Waals surface area (Å²) in [4.78, 5) is 11.3. The van der Waals surface area contributed by atoms with Crippen LogP contribution in [0, 0.1) is 5.92 Å². The molecule has 1 amide bonds. The first-order chi connectivity index (χ1) is 8.75. The number of nitrogens with two attached hydrogens (primary N) is 1. The number of carbonyl (C=O) groups is 1. The Bertz CT molecular complexity index is 449. The van der Waals surface area contributed by atoms with Crippen LogP contribution in [0.4, 0.5) is 0 Å². The van der Waals surface area contributed by atoms with Gasteiger partial charge < -0.3 is 10.5 Å². The maximum absolute atomic E-state index is 11.3. The van der Waals surface area contributed by atoms with Crippen LogP contribution in [0.15, 0.2) is 6.20 Å². The summed E-state index contributed by atoms with van der Waals surface area (Å²) in [5.41, 5.74) is 7.94. The van der Waals surface area contributed by atoms with Crippen LogP contribution in [0.2, 0.25) is 0 Å². The molecule has 18 heavy (non-hydrogen) atoms. The van der Waals surface area contributed by atoms with Gasteiger partial charge in [-0.15, -0.1) is 0 Å². The van der Waals surface area contributed by atoms with E-state index in [0.717, 1.165) is 45.3 Å². The Morgan fingerprint density at radius 3 is 2.89 bits per heavy atom. The van der Waals surface area contributed by atoms with Crippen molar-refractivity contribution in [2.45, 2.75) is 38.1 Å². The Kier molecular flexibility index (Phi) is 3.07. The smallest absolute Gasteiger partial charge is 0.220 e. The molecule has 0 saturated carbocycles. The van der Waals surface area contributed by atoms with Crippen LogP contribution in [-0.4, -0.2) is 28.9 Å². The highest BCUT2D eigenvalue weighted by Crippen LogP contribution is 2.30. The molecule has 1 aromatic heterocycles. The molecule has 5 heteroatoms. The number of primary amides is 1. The number of carbonyl (C=O) groups excluding carboxylic acids is 1. The van der Waals surface area contributed by atoms with E-state index in [4.69, 9.17) is 10.5 Å². The van der Waals surface area contributed by atoms with E-state index in [-0.39, 0.29) is 11.8 Å². The Morgan fingerprint density at radius 2 is 2.17 bits per heavy atom. The van der Waals surface area contributed by atoms with Gasteiger partial charge in [0.2, 0.25) is 5.91 Å². The zero-order valence-corrected chi connectivity index (χ0v) is 10.5. The average molecular weight is 249 g/mol. The lowest BCUT2D eigenvalue weighted by molar-refractivity contribution is -0.122. The van der Waals surface area contributed by atoms with Crippen molar-refractivity contribution in [2.75, 3.05) is 13.2 Å². The lowest BCUT2D eigenvalue weighted by Gasteiger charge is -2.27. The minimum atomic E-state index is -0.180. The summed E-state index contributed by atoms with van der Waals surface area (Å²) < 4.78 is 7.50. The van der Waals surface area contributed by atoms with Gasteiger partial charge in [0.25, 0.3) is 0 Å². The lowest BCUT2D eigenvalue weighted by atomic mass is 9.87. The van der Waals surface area contributed by atoms with E-state index in [2.05, 4.69) is 9.78 Å². The van der Waals surface area contributed by atoms with E-state index in [9.17, 15) is 4.79 Å². The molecule has 5 nitrogen and oxygen atoms in total. The average Bonchev–Trinajstić information content (AvgIpc) is 2.82. The van der Waals surface area contributed by atoms with Crippen molar-refractivity contribution in [3.8, 4) is 0 Å². The van der Waals surface area contributed by atoms with Crippen molar-refractivity contribution in [3.05, 3.63) is 17.5 Å². The predicted molar refractivity (Wildman–Crippen MR) is 66.0 cm³/mol. The molecule has 0 radical (unpaired) electrons. The van der Waals surface area contributed by atoms with Crippen LogP contribution in [0.5, 0.6) is 0 Å². The number of aromatic nitrogens is 2. The maximum Gasteiger partial charge on any atom is 0.220 e. The number of aryl methyl sites for hydroxylation is 1. The number of nitrogens with zero attached hydrogens (tertiary/aromatic N) is 2. The molecular weight excluding hydrogens is 230 g/mol. The van der Waals surface area contributed by atoms with Gasteiger partial charge in [0.15, 0.2) is 0 Å². The summed E-state index contributed by atoms with van der Waals surface area (Å²) in [6.07, 6.45) is 6.52. The van der Waals surface area contributed by atoms with Crippen LogP contribution in [0.3, 0.4) is 0 Å². The van der Waals surface area contributed by atoms with Crippen LogP contribution < -0.4 is 5.73 Å². The van der Waals surface area contributed by atoms with Crippen LogP contribution >= 0.6 is 0 Å². The van der Waals surface area contributed by atoms with Gasteiger partial charge in [0.1, 0.15) is 0 Å².